The lowest BCUT2D eigenvalue weighted by atomic mass is 10.2. The molecule has 0 saturated carbocycles. The van der Waals surface area contributed by atoms with Crippen LogP contribution < -0.4 is 65.5 Å². The molecule has 0 aliphatic carbocycles. The largest absolute Gasteiger partial charge is 0.370 e. The van der Waals surface area contributed by atoms with Gasteiger partial charge in [-0.2, -0.15) is 0 Å². The molecule has 4 rings (SSSR count). The Morgan fingerprint density at radius 3 is 0.750 bits per heavy atom. The van der Waals surface area contributed by atoms with Crippen LogP contribution in [-0.2, 0) is 19.2 Å². The van der Waals surface area contributed by atoms with Crippen molar-refractivity contribution in [1.82, 2.24) is 31.1 Å². The topological polar surface area (TPSA) is 325 Å². The number of nitrogens with one attached hydrogen (secondary N) is 8. The van der Waals surface area contributed by atoms with Crippen molar-refractivity contribution < 1.29 is 19.2 Å². The number of hydrogen-bond acceptors (Lipinski definition) is 10. The smallest absolute Gasteiger partial charge is 0.221 e. The molecule has 386 valence electrons. The summed E-state index contributed by atoms with van der Waals surface area (Å²) in [6, 6.07) is 37.6. The molecule has 0 spiro atoms. The molecule has 4 aromatic rings. The summed E-state index contributed by atoms with van der Waals surface area (Å²) in [6.45, 7) is 4.43. The Bertz CT molecular complexity index is 2000. The number of hydrogen-bond donors (Lipinski definition) is 12. The van der Waals surface area contributed by atoms with E-state index in [1.54, 1.807) is 0 Å². The monoisotopic (exact) mass is 989 g/mol. The van der Waals surface area contributed by atoms with Crippen LogP contribution in [0.5, 0.6) is 0 Å². The summed E-state index contributed by atoms with van der Waals surface area (Å²) in [4.78, 5) is 73.4. The van der Waals surface area contributed by atoms with Gasteiger partial charge in [0.25, 0.3) is 0 Å². The summed E-state index contributed by atoms with van der Waals surface area (Å²) in [6.07, 6.45) is 0.603. The molecule has 16 N–H and O–H groups in total. The molecule has 0 fully saturated rings. The van der Waals surface area contributed by atoms with Crippen LogP contribution in [-0.4, -0.2) is 149 Å². The van der Waals surface area contributed by atoms with Gasteiger partial charge in [-0.1, -0.05) is 72.8 Å². The minimum absolute atomic E-state index is 0.151. The number of aliphatic imine (C=N–C) groups is 4. The Balaban J connectivity index is 1.32. The van der Waals surface area contributed by atoms with E-state index in [1.807, 2.05) is 131 Å². The van der Waals surface area contributed by atoms with Crippen LogP contribution in [0.15, 0.2) is 141 Å². The molecule has 4 amide bonds. The average molecular weight is 989 g/mol. The number of carbonyl (C=O) groups excluding carboxylic acids is 4. The molecule has 72 heavy (non-hydrogen) atoms. The Labute approximate surface area is 422 Å². The third kappa shape index (κ3) is 26.5. The first kappa shape index (κ1) is 56.3. The first-order valence-corrected chi connectivity index (χ1v) is 24.0. The van der Waals surface area contributed by atoms with Gasteiger partial charge < -0.3 is 75.3 Å². The van der Waals surface area contributed by atoms with Gasteiger partial charge in [-0.25, -0.2) is 0 Å². The first-order chi connectivity index (χ1) is 35.0. The Morgan fingerprint density at radius 1 is 0.333 bits per heavy atom. The molecule has 0 aromatic heterocycles. The predicted octanol–water partition coefficient (Wildman–Crippen LogP) is 1.32. The maximum atomic E-state index is 13.0. The molecule has 0 saturated heterocycles. The first-order valence-electron chi connectivity index (χ1n) is 24.0. The fraction of sp³-hybridized carbons (Fsp3) is 0.360. The summed E-state index contributed by atoms with van der Waals surface area (Å²) in [5.41, 5.74) is 27.3. The number of guanidine groups is 4. The average Bonchev–Trinajstić information content (AvgIpc) is 3.38. The van der Waals surface area contributed by atoms with E-state index >= 15 is 0 Å². The number of amides is 4. The van der Waals surface area contributed by atoms with Crippen LogP contribution in [0.4, 0.5) is 22.7 Å². The SMILES string of the molecule is NC(=NCCNC(=O)CCN(CCC(=O)NCCN=C(N)Nc1ccccc1)CCN(CCC(=O)NCCN=C(N)Nc1ccccc1)CCC(=O)NCCN=C(N)Nc1ccccc1)Nc1ccccc1. The molecule has 0 atom stereocenters. The minimum Gasteiger partial charge on any atom is -0.370 e. The highest BCUT2D eigenvalue weighted by Gasteiger charge is 2.16. The number of nitrogens with zero attached hydrogens (tertiary/aromatic N) is 6. The summed E-state index contributed by atoms with van der Waals surface area (Å²) in [5.74, 6) is 0.164. The van der Waals surface area contributed by atoms with E-state index in [1.165, 1.54) is 0 Å². The number of carbonyl (C=O) groups is 4. The molecular weight excluding hydrogens is 917 g/mol. The van der Waals surface area contributed by atoms with Crippen molar-refractivity contribution in [3.8, 4) is 0 Å². The fourth-order valence-corrected chi connectivity index (χ4v) is 6.67. The lowest BCUT2D eigenvalue weighted by molar-refractivity contribution is -0.123. The molecule has 0 aliphatic rings. The van der Waals surface area contributed by atoms with Crippen molar-refractivity contribution in [2.45, 2.75) is 25.7 Å². The van der Waals surface area contributed by atoms with Crippen molar-refractivity contribution >= 4 is 70.2 Å². The quantitative estimate of drug-likeness (QED) is 0.0192. The van der Waals surface area contributed by atoms with Crippen LogP contribution in [0.1, 0.15) is 25.7 Å². The molecule has 0 radical (unpaired) electrons. The van der Waals surface area contributed by atoms with Crippen LogP contribution in [0.2, 0.25) is 0 Å². The zero-order chi connectivity index (χ0) is 51.4. The zero-order valence-corrected chi connectivity index (χ0v) is 40.9. The highest BCUT2D eigenvalue weighted by molar-refractivity contribution is 5.94. The molecule has 22 heteroatoms. The van der Waals surface area contributed by atoms with Crippen LogP contribution in [0.3, 0.4) is 0 Å². The van der Waals surface area contributed by atoms with Crippen molar-refractivity contribution in [2.75, 3.05) is 113 Å². The Hall–Kier alpha value is -8.24. The maximum Gasteiger partial charge on any atom is 0.221 e. The lowest BCUT2D eigenvalue weighted by Crippen LogP contribution is -2.41. The van der Waals surface area contributed by atoms with Crippen LogP contribution in [0, 0.1) is 0 Å². The third-order valence-electron chi connectivity index (χ3n) is 10.4. The summed E-state index contributed by atoms with van der Waals surface area (Å²) in [7, 11) is 0. The second-order valence-corrected chi connectivity index (χ2v) is 16.1. The van der Waals surface area contributed by atoms with Gasteiger partial charge in [0.15, 0.2) is 23.8 Å². The van der Waals surface area contributed by atoms with Gasteiger partial charge in [0, 0.05) is 114 Å². The van der Waals surface area contributed by atoms with Gasteiger partial charge in [0.1, 0.15) is 0 Å². The van der Waals surface area contributed by atoms with Gasteiger partial charge >= 0.3 is 0 Å². The molecule has 0 aliphatic heterocycles. The minimum atomic E-state index is -0.192. The van der Waals surface area contributed by atoms with E-state index in [4.69, 9.17) is 22.9 Å². The van der Waals surface area contributed by atoms with Crippen molar-refractivity contribution in [3.05, 3.63) is 121 Å². The predicted molar refractivity (Wildman–Crippen MR) is 290 cm³/mol. The number of anilines is 4. The second-order valence-electron chi connectivity index (χ2n) is 16.1. The molecular formula is C50H72N18O4. The number of nitrogens with two attached hydrogens (primary N) is 4. The maximum absolute atomic E-state index is 13.0. The van der Waals surface area contributed by atoms with E-state index in [9.17, 15) is 19.2 Å². The van der Waals surface area contributed by atoms with Crippen LogP contribution >= 0.6 is 0 Å². The van der Waals surface area contributed by atoms with Gasteiger partial charge in [0.05, 0.1) is 26.2 Å². The number of para-hydroxylation sites is 4. The number of rotatable bonds is 31. The Kier molecular flexibility index (Phi) is 26.7. The van der Waals surface area contributed by atoms with E-state index in [-0.39, 0.29) is 126 Å². The highest BCUT2D eigenvalue weighted by atomic mass is 16.2. The highest BCUT2D eigenvalue weighted by Crippen LogP contribution is 2.07. The summed E-state index contributed by atoms with van der Waals surface area (Å²) in [5, 5.41) is 23.6. The standard InChI is InChI=1S/C50H72N18O4/c51-47(63-39-13-5-1-6-14-39)59-29-25-55-43(69)21-33-67(34-22-44(70)56-26-30-60-48(52)64-40-15-7-2-8-16-40)37-38-68(35-23-45(71)57-27-31-61-49(53)65-41-17-9-3-10-18-41)36-24-46(72)58-28-32-62-50(54)66-42-19-11-4-12-20-42/h1-20H,21-38H2,(H,55,69)(H,56,70)(H,57,71)(H,58,72)(H3,51,59,63)(H3,52,60,64)(H3,53,61,65)(H3,54,62,66). The fourth-order valence-electron chi connectivity index (χ4n) is 6.67. The lowest BCUT2D eigenvalue weighted by Gasteiger charge is -2.27. The van der Waals surface area contributed by atoms with Gasteiger partial charge in [-0.3, -0.25) is 39.1 Å². The van der Waals surface area contributed by atoms with Crippen molar-refractivity contribution in [2.24, 2.45) is 42.9 Å². The molecule has 4 aromatic carbocycles. The molecule has 0 unspecified atom stereocenters. The van der Waals surface area contributed by atoms with Gasteiger partial charge in [-0.15, -0.1) is 0 Å². The zero-order valence-electron chi connectivity index (χ0n) is 40.9. The van der Waals surface area contributed by atoms with Gasteiger partial charge in [-0.05, 0) is 48.5 Å². The van der Waals surface area contributed by atoms with Crippen LogP contribution in [0.25, 0.3) is 0 Å². The van der Waals surface area contributed by atoms with Gasteiger partial charge in [0.2, 0.25) is 23.6 Å². The van der Waals surface area contributed by atoms with Crippen molar-refractivity contribution in [3.63, 3.8) is 0 Å². The second kappa shape index (κ2) is 34.1. The third-order valence-corrected chi connectivity index (χ3v) is 10.4. The summed E-state index contributed by atoms with van der Waals surface area (Å²) >= 11 is 0. The van der Waals surface area contributed by atoms with E-state index in [2.05, 4.69) is 62.5 Å². The van der Waals surface area contributed by atoms with Crippen molar-refractivity contribution in [1.29, 1.82) is 0 Å². The summed E-state index contributed by atoms with van der Waals surface area (Å²) < 4.78 is 0. The number of benzene rings is 4. The molecule has 22 nitrogen and oxygen atoms in total. The van der Waals surface area contributed by atoms with E-state index in [0.717, 1.165) is 22.7 Å². The molecule has 0 bridgehead atoms. The normalized spacial score (nSPS) is 12.0. The van der Waals surface area contributed by atoms with E-state index in [0.29, 0.717) is 39.3 Å². The van der Waals surface area contributed by atoms with E-state index < -0.39 is 0 Å². The Morgan fingerprint density at radius 2 is 0.542 bits per heavy atom. The molecule has 0 heterocycles.